The smallest absolute Gasteiger partial charge is 0.261 e. The Labute approximate surface area is 160 Å². The Morgan fingerprint density at radius 1 is 1.32 bits per heavy atom. The third-order valence-electron chi connectivity index (χ3n) is 3.13. The van der Waals surface area contributed by atoms with E-state index < -0.39 is 0 Å². The Bertz CT molecular complexity index is 728. The molecular weight excluding hydrogens is 406 g/mol. The van der Waals surface area contributed by atoms with Crippen molar-refractivity contribution < 1.29 is 14.3 Å². The molecule has 1 aromatic carbocycles. The minimum Gasteiger partial charge on any atom is -0.490 e. The lowest BCUT2D eigenvalue weighted by molar-refractivity contribution is 0.0968. The number of carbonyl (C=O) groups excluding carboxylic acids is 1. The van der Waals surface area contributed by atoms with Crippen LogP contribution in [0, 0.1) is 0 Å². The van der Waals surface area contributed by atoms with Crippen LogP contribution in [0.4, 0.5) is 0 Å². The number of rotatable bonds is 7. The molecular formula is C17H18BrN3O3S. The summed E-state index contributed by atoms with van der Waals surface area (Å²) in [6, 6.07) is 8.96. The molecule has 0 saturated heterocycles. The summed E-state index contributed by atoms with van der Waals surface area (Å²) in [6.45, 7) is 1.26. The summed E-state index contributed by atoms with van der Waals surface area (Å²) in [5, 5.41) is 5.86. The van der Waals surface area contributed by atoms with Crippen molar-refractivity contribution in [2.45, 2.75) is 6.54 Å². The average molecular weight is 424 g/mol. The average Bonchev–Trinajstić information content (AvgIpc) is 2.62. The fourth-order valence-electron chi connectivity index (χ4n) is 1.94. The molecule has 0 spiro atoms. The van der Waals surface area contributed by atoms with E-state index in [1.165, 1.54) is 0 Å². The van der Waals surface area contributed by atoms with E-state index in [4.69, 9.17) is 21.7 Å². The maximum atomic E-state index is 12.5. The molecule has 1 aromatic heterocycles. The Morgan fingerprint density at radius 2 is 2.16 bits per heavy atom. The standard InChI is InChI=1S/C17H18BrN3O3S/c1-23-7-8-24-15-5-4-13(18)9-14(15)16(22)21-17(25)20-11-12-3-2-6-19-10-12/h2-6,9-10H,7-8,11H2,1H3,(H2,20,21,22,25). The molecule has 0 aliphatic heterocycles. The van der Waals surface area contributed by atoms with Crippen molar-refractivity contribution in [2.24, 2.45) is 0 Å². The number of carbonyl (C=O) groups is 1. The molecule has 0 fully saturated rings. The Kier molecular flexibility index (Phi) is 7.77. The van der Waals surface area contributed by atoms with Gasteiger partial charge in [-0.25, -0.2) is 0 Å². The second-order valence-electron chi connectivity index (χ2n) is 4.98. The minimum absolute atomic E-state index is 0.233. The van der Waals surface area contributed by atoms with E-state index in [1.807, 2.05) is 12.1 Å². The second kappa shape index (κ2) is 10.1. The fraction of sp³-hybridized carbons (Fsp3) is 0.235. The van der Waals surface area contributed by atoms with Gasteiger partial charge in [0.25, 0.3) is 5.91 Å². The van der Waals surface area contributed by atoms with Crippen LogP contribution in [-0.4, -0.2) is 36.3 Å². The van der Waals surface area contributed by atoms with E-state index in [1.54, 1.807) is 37.7 Å². The van der Waals surface area contributed by atoms with Gasteiger partial charge in [0.15, 0.2) is 5.11 Å². The molecule has 2 N–H and O–H groups in total. The van der Waals surface area contributed by atoms with Crippen molar-refractivity contribution in [1.82, 2.24) is 15.6 Å². The van der Waals surface area contributed by atoms with Gasteiger partial charge in [0.1, 0.15) is 12.4 Å². The van der Waals surface area contributed by atoms with E-state index in [-0.39, 0.29) is 11.0 Å². The van der Waals surface area contributed by atoms with E-state index >= 15 is 0 Å². The first-order valence-corrected chi connectivity index (χ1v) is 8.69. The zero-order chi connectivity index (χ0) is 18.1. The molecule has 1 amide bonds. The second-order valence-corrected chi connectivity index (χ2v) is 6.30. The van der Waals surface area contributed by atoms with Crippen molar-refractivity contribution in [2.75, 3.05) is 20.3 Å². The van der Waals surface area contributed by atoms with Gasteiger partial charge in [0, 0.05) is 30.5 Å². The Balaban J connectivity index is 1.96. The van der Waals surface area contributed by atoms with Gasteiger partial charge in [-0.2, -0.15) is 0 Å². The molecule has 1 heterocycles. The van der Waals surface area contributed by atoms with Gasteiger partial charge in [-0.05, 0) is 42.0 Å². The number of benzene rings is 1. The first-order chi connectivity index (χ1) is 12.1. The highest BCUT2D eigenvalue weighted by Crippen LogP contribution is 2.23. The van der Waals surface area contributed by atoms with Crippen LogP contribution in [0.5, 0.6) is 5.75 Å². The highest BCUT2D eigenvalue weighted by Gasteiger charge is 2.14. The number of ether oxygens (including phenoxy) is 2. The number of hydrogen-bond donors (Lipinski definition) is 2. The van der Waals surface area contributed by atoms with E-state index in [0.717, 1.165) is 10.0 Å². The SMILES string of the molecule is COCCOc1ccc(Br)cc1C(=O)NC(=S)NCc1cccnc1. The summed E-state index contributed by atoms with van der Waals surface area (Å²) in [4.78, 5) is 16.5. The Hall–Kier alpha value is -2.03. The number of amides is 1. The predicted molar refractivity (Wildman–Crippen MR) is 103 cm³/mol. The molecule has 2 aromatic rings. The van der Waals surface area contributed by atoms with Crippen LogP contribution in [0.2, 0.25) is 0 Å². The van der Waals surface area contributed by atoms with Gasteiger partial charge in [0.05, 0.1) is 12.2 Å². The molecule has 0 unspecified atom stereocenters. The summed E-state index contributed by atoms with van der Waals surface area (Å²) in [7, 11) is 1.59. The van der Waals surface area contributed by atoms with Gasteiger partial charge < -0.3 is 14.8 Å². The highest BCUT2D eigenvalue weighted by atomic mass is 79.9. The third-order valence-corrected chi connectivity index (χ3v) is 3.87. The van der Waals surface area contributed by atoms with E-state index in [9.17, 15) is 4.79 Å². The molecule has 132 valence electrons. The molecule has 0 radical (unpaired) electrons. The number of methoxy groups -OCH3 is 1. The van der Waals surface area contributed by atoms with Crippen molar-refractivity contribution >= 4 is 39.2 Å². The molecule has 0 atom stereocenters. The predicted octanol–water partition coefficient (Wildman–Crippen LogP) is 2.67. The molecule has 2 rings (SSSR count). The van der Waals surface area contributed by atoms with Crippen molar-refractivity contribution in [3.63, 3.8) is 0 Å². The monoisotopic (exact) mass is 423 g/mol. The quantitative estimate of drug-likeness (QED) is 0.526. The van der Waals surface area contributed by atoms with Crippen LogP contribution >= 0.6 is 28.1 Å². The van der Waals surface area contributed by atoms with Crippen LogP contribution in [0.15, 0.2) is 47.2 Å². The normalized spacial score (nSPS) is 10.2. The molecule has 8 heteroatoms. The van der Waals surface area contributed by atoms with Crippen molar-refractivity contribution in [1.29, 1.82) is 0 Å². The lowest BCUT2D eigenvalue weighted by atomic mass is 10.2. The van der Waals surface area contributed by atoms with Gasteiger partial charge >= 0.3 is 0 Å². The van der Waals surface area contributed by atoms with Gasteiger partial charge in [-0.15, -0.1) is 0 Å². The molecule has 0 aliphatic carbocycles. The molecule has 0 bridgehead atoms. The first kappa shape index (κ1) is 19.3. The topological polar surface area (TPSA) is 72.5 Å². The number of halogens is 1. The van der Waals surface area contributed by atoms with Crippen LogP contribution in [0.3, 0.4) is 0 Å². The zero-order valence-electron chi connectivity index (χ0n) is 13.6. The largest absolute Gasteiger partial charge is 0.490 e. The Morgan fingerprint density at radius 3 is 2.88 bits per heavy atom. The maximum absolute atomic E-state index is 12.5. The lowest BCUT2D eigenvalue weighted by Crippen LogP contribution is -2.39. The molecule has 0 saturated carbocycles. The number of nitrogens with zero attached hydrogens (tertiary/aromatic N) is 1. The summed E-state index contributed by atoms with van der Waals surface area (Å²) in [6.07, 6.45) is 3.43. The summed E-state index contributed by atoms with van der Waals surface area (Å²) < 4.78 is 11.3. The molecule has 0 aliphatic rings. The minimum atomic E-state index is -0.350. The number of pyridine rings is 1. The summed E-state index contributed by atoms with van der Waals surface area (Å²) in [5.74, 6) is 0.116. The van der Waals surface area contributed by atoms with E-state index in [0.29, 0.717) is 31.1 Å². The first-order valence-electron chi connectivity index (χ1n) is 7.49. The van der Waals surface area contributed by atoms with Gasteiger partial charge in [0.2, 0.25) is 0 Å². The summed E-state index contributed by atoms with van der Waals surface area (Å²) >= 11 is 8.53. The number of hydrogen-bond acceptors (Lipinski definition) is 5. The van der Waals surface area contributed by atoms with Crippen LogP contribution in [-0.2, 0) is 11.3 Å². The van der Waals surface area contributed by atoms with Crippen LogP contribution < -0.4 is 15.4 Å². The molecule has 25 heavy (non-hydrogen) atoms. The van der Waals surface area contributed by atoms with Crippen molar-refractivity contribution in [3.05, 3.63) is 58.3 Å². The highest BCUT2D eigenvalue weighted by molar-refractivity contribution is 9.10. The summed E-state index contributed by atoms with van der Waals surface area (Å²) in [5.41, 5.74) is 1.35. The number of nitrogens with one attached hydrogen (secondary N) is 2. The van der Waals surface area contributed by atoms with Crippen LogP contribution in [0.25, 0.3) is 0 Å². The zero-order valence-corrected chi connectivity index (χ0v) is 16.0. The van der Waals surface area contributed by atoms with Gasteiger partial charge in [-0.1, -0.05) is 22.0 Å². The number of aromatic nitrogens is 1. The van der Waals surface area contributed by atoms with E-state index in [2.05, 4.69) is 31.5 Å². The number of thiocarbonyl (C=S) groups is 1. The van der Waals surface area contributed by atoms with Gasteiger partial charge in [-0.3, -0.25) is 15.1 Å². The fourth-order valence-corrected chi connectivity index (χ4v) is 2.47. The lowest BCUT2D eigenvalue weighted by Gasteiger charge is -2.13. The van der Waals surface area contributed by atoms with Crippen LogP contribution in [0.1, 0.15) is 15.9 Å². The third kappa shape index (κ3) is 6.41. The van der Waals surface area contributed by atoms with Crippen molar-refractivity contribution in [3.8, 4) is 5.75 Å². The maximum Gasteiger partial charge on any atom is 0.261 e. The molecule has 6 nitrogen and oxygen atoms in total.